The maximum Gasteiger partial charge on any atom is 0.257 e. The van der Waals surface area contributed by atoms with Crippen molar-refractivity contribution in [3.63, 3.8) is 0 Å². The molecule has 0 aliphatic carbocycles. The predicted molar refractivity (Wildman–Crippen MR) is 141 cm³/mol. The smallest absolute Gasteiger partial charge is 0.257 e. The summed E-state index contributed by atoms with van der Waals surface area (Å²) in [5.41, 5.74) is 3.27. The average molecular weight is 483 g/mol. The van der Waals surface area contributed by atoms with Crippen LogP contribution in [0.4, 0.5) is 5.95 Å². The van der Waals surface area contributed by atoms with Crippen LogP contribution < -0.4 is 5.32 Å². The van der Waals surface area contributed by atoms with Gasteiger partial charge in [-0.2, -0.15) is 0 Å². The summed E-state index contributed by atoms with van der Waals surface area (Å²) in [4.78, 5) is 32.8. The van der Waals surface area contributed by atoms with E-state index < -0.39 is 6.10 Å². The summed E-state index contributed by atoms with van der Waals surface area (Å²) in [6, 6.07) is 28.5. The Morgan fingerprint density at radius 3 is 2.08 bits per heavy atom. The van der Waals surface area contributed by atoms with E-state index in [0.717, 1.165) is 22.5 Å². The fraction of sp³-hybridized carbons (Fsp3) is 0.207. The van der Waals surface area contributed by atoms with Crippen molar-refractivity contribution in [2.75, 3.05) is 19.0 Å². The first kappa shape index (κ1) is 24.9. The summed E-state index contributed by atoms with van der Waals surface area (Å²) < 4.78 is 7.36. The number of methoxy groups -OCH3 is 1. The summed E-state index contributed by atoms with van der Waals surface area (Å²) in [5.74, 6) is -0.236. The third-order valence-corrected chi connectivity index (χ3v) is 5.84. The molecule has 0 fully saturated rings. The number of imidazole rings is 1. The molecule has 7 heteroatoms. The highest BCUT2D eigenvalue weighted by atomic mass is 16.5. The SMILES string of the molecule is CO[C@H](C(=O)N(CC(=O)Nc1nc(-c2ccccc2)cn1-c1ccccc1)C(C)C)c1ccccc1. The third kappa shape index (κ3) is 5.70. The van der Waals surface area contributed by atoms with E-state index in [-0.39, 0.29) is 24.4 Å². The van der Waals surface area contributed by atoms with Crippen LogP contribution in [0.1, 0.15) is 25.5 Å². The molecule has 0 aliphatic heterocycles. The lowest BCUT2D eigenvalue weighted by atomic mass is 10.1. The summed E-state index contributed by atoms with van der Waals surface area (Å²) in [5, 5.41) is 2.91. The normalized spacial score (nSPS) is 11.8. The van der Waals surface area contributed by atoms with Crippen molar-refractivity contribution in [3.8, 4) is 16.9 Å². The molecule has 0 spiro atoms. The highest BCUT2D eigenvalue weighted by Crippen LogP contribution is 2.25. The Bertz CT molecular complexity index is 1290. The first-order valence-corrected chi connectivity index (χ1v) is 11.9. The number of hydrogen-bond donors (Lipinski definition) is 1. The highest BCUT2D eigenvalue weighted by molar-refractivity contribution is 5.95. The fourth-order valence-electron chi connectivity index (χ4n) is 3.99. The first-order valence-electron chi connectivity index (χ1n) is 11.9. The van der Waals surface area contributed by atoms with Crippen molar-refractivity contribution >= 4 is 17.8 Å². The molecular formula is C29H30N4O3. The van der Waals surface area contributed by atoms with Crippen LogP contribution in [0.15, 0.2) is 97.2 Å². The minimum atomic E-state index is -0.794. The van der Waals surface area contributed by atoms with E-state index in [1.54, 1.807) is 0 Å². The van der Waals surface area contributed by atoms with E-state index in [2.05, 4.69) is 5.32 Å². The molecule has 0 saturated carbocycles. The molecule has 184 valence electrons. The fourth-order valence-corrected chi connectivity index (χ4v) is 3.99. The Labute approximate surface area is 211 Å². The van der Waals surface area contributed by atoms with Gasteiger partial charge in [0.2, 0.25) is 11.9 Å². The molecular weight excluding hydrogens is 452 g/mol. The van der Waals surface area contributed by atoms with Crippen molar-refractivity contribution in [3.05, 3.63) is 103 Å². The number of hydrogen-bond acceptors (Lipinski definition) is 4. The van der Waals surface area contributed by atoms with Crippen molar-refractivity contribution < 1.29 is 14.3 Å². The number of nitrogens with zero attached hydrogens (tertiary/aromatic N) is 3. The van der Waals surface area contributed by atoms with Crippen LogP contribution in [0.5, 0.6) is 0 Å². The second-order valence-corrected chi connectivity index (χ2v) is 8.66. The minimum absolute atomic E-state index is 0.133. The molecule has 1 heterocycles. The number of amides is 2. The molecule has 2 amide bonds. The first-order chi connectivity index (χ1) is 17.5. The van der Waals surface area contributed by atoms with E-state index in [9.17, 15) is 9.59 Å². The van der Waals surface area contributed by atoms with Crippen LogP contribution in [-0.4, -0.2) is 46.0 Å². The minimum Gasteiger partial charge on any atom is -0.367 e. The van der Waals surface area contributed by atoms with Crippen LogP contribution in [0.3, 0.4) is 0 Å². The topological polar surface area (TPSA) is 76.5 Å². The number of anilines is 1. The standard InChI is InChI=1S/C29H30N4O3/c1-21(2)32(28(35)27(36-3)23-15-9-5-10-16-23)20-26(34)31-29-30-25(22-13-7-4-8-14-22)19-33(29)24-17-11-6-12-18-24/h4-19,21,27H,20H2,1-3H3,(H,30,31,34)/t27-/m0/s1. The number of ether oxygens (including phenoxy) is 1. The van der Waals surface area contributed by atoms with E-state index in [4.69, 9.17) is 9.72 Å². The molecule has 1 N–H and O–H groups in total. The van der Waals surface area contributed by atoms with Crippen molar-refractivity contribution in [1.82, 2.24) is 14.5 Å². The number of nitrogens with one attached hydrogen (secondary N) is 1. The van der Waals surface area contributed by atoms with Gasteiger partial charge in [-0.25, -0.2) is 4.98 Å². The van der Waals surface area contributed by atoms with E-state index >= 15 is 0 Å². The number of carbonyl (C=O) groups excluding carboxylic acids is 2. The molecule has 1 aromatic heterocycles. The average Bonchev–Trinajstić information content (AvgIpc) is 3.32. The number of para-hydroxylation sites is 1. The molecule has 0 saturated heterocycles. The molecule has 36 heavy (non-hydrogen) atoms. The van der Waals surface area contributed by atoms with Crippen LogP contribution >= 0.6 is 0 Å². The monoisotopic (exact) mass is 482 g/mol. The Morgan fingerprint density at radius 2 is 1.50 bits per heavy atom. The Balaban J connectivity index is 1.58. The lowest BCUT2D eigenvalue weighted by Gasteiger charge is -2.29. The number of rotatable bonds is 9. The number of aromatic nitrogens is 2. The van der Waals surface area contributed by atoms with Crippen LogP contribution in [0.25, 0.3) is 16.9 Å². The van der Waals surface area contributed by atoms with E-state index in [1.165, 1.54) is 12.0 Å². The molecule has 0 unspecified atom stereocenters. The lowest BCUT2D eigenvalue weighted by molar-refractivity contribution is -0.146. The lowest BCUT2D eigenvalue weighted by Crippen LogP contribution is -2.45. The van der Waals surface area contributed by atoms with Gasteiger partial charge in [0.15, 0.2) is 6.10 Å². The van der Waals surface area contributed by atoms with Crippen LogP contribution in [0.2, 0.25) is 0 Å². The number of benzene rings is 3. The summed E-state index contributed by atoms with van der Waals surface area (Å²) >= 11 is 0. The molecule has 4 rings (SSSR count). The Kier molecular flexibility index (Phi) is 7.92. The Hall–Kier alpha value is -4.23. The number of carbonyl (C=O) groups is 2. The summed E-state index contributed by atoms with van der Waals surface area (Å²) in [6.45, 7) is 3.62. The quantitative estimate of drug-likeness (QED) is 0.360. The molecule has 3 aromatic carbocycles. The molecule has 0 radical (unpaired) electrons. The van der Waals surface area contributed by atoms with Crippen molar-refractivity contribution in [1.29, 1.82) is 0 Å². The van der Waals surface area contributed by atoms with Crippen molar-refractivity contribution in [2.24, 2.45) is 0 Å². The second-order valence-electron chi connectivity index (χ2n) is 8.66. The van der Waals surface area contributed by atoms with E-state index in [1.807, 2.05) is 116 Å². The van der Waals surface area contributed by atoms with Gasteiger partial charge in [0, 0.05) is 30.6 Å². The molecule has 1 atom stereocenters. The van der Waals surface area contributed by atoms with Gasteiger partial charge >= 0.3 is 0 Å². The maximum absolute atomic E-state index is 13.4. The zero-order valence-corrected chi connectivity index (χ0v) is 20.7. The molecule has 0 aliphatic rings. The highest BCUT2D eigenvalue weighted by Gasteiger charge is 2.29. The molecule has 4 aromatic rings. The van der Waals surface area contributed by atoms with Gasteiger partial charge in [0.25, 0.3) is 5.91 Å². The van der Waals surface area contributed by atoms with Gasteiger partial charge in [-0.3, -0.25) is 19.5 Å². The zero-order chi connectivity index (χ0) is 25.5. The predicted octanol–water partition coefficient (Wildman–Crippen LogP) is 5.10. The molecule has 7 nitrogen and oxygen atoms in total. The van der Waals surface area contributed by atoms with Crippen LogP contribution in [0, 0.1) is 0 Å². The van der Waals surface area contributed by atoms with Gasteiger partial charge in [-0.05, 0) is 31.5 Å². The van der Waals surface area contributed by atoms with Gasteiger partial charge in [-0.1, -0.05) is 78.9 Å². The summed E-state index contributed by atoms with van der Waals surface area (Å²) in [7, 11) is 1.50. The van der Waals surface area contributed by atoms with E-state index in [0.29, 0.717) is 5.95 Å². The van der Waals surface area contributed by atoms with Crippen LogP contribution in [-0.2, 0) is 14.3 Å². The largest absolute Gasteiger partial charge is 0.367 e. The maximum atomic E-state index is 13.4. The van der Waals surface area contributed by atoms with Crippen molar-refractivity contribution in [2.45, 2.75) is 26.0 Å². The Morgan fingerprint density at radius 1 is 0.917 bits per heavy atom. The van der Waals surface area contributed by atoms with Gasteiger partial charge in [0.1, 0.15) is 6.54 Å². The zero-order valence-electron chi connectivity index (χ0n) is 20.7. The van der Waals surface area contributed by atoms with Gasteiger partial charge in [0.05, 0.1) is 5.69 Å². The second kappa shape index (κ2) is 11.5. The van der Waals surface area contributed by atoms with Gasteiger partial charge < -0.3 is 9.64 Å². The third-order valence-electron chi connectivity index (χ3n) is 5.84. The molecule has 0 bridgehead atoms. The van der Waals surface area contributed by atoms with Gasteiger partial charge in [-0.15, -0.1) is 0 Å². The summed E-state index contributed by atoms with van der Waals surface area (Å²) in [6.07, 6.45) is 1.10.